The minimum atomic E-state index is -0.669. The monoisotopic (exact) mass is 196 g/mol. The summed E-state index contributed by atoms with van der Waals surface area (Å²) in [6.07, 6.45) is 2.64. The van der Waals surface area contributed by atoms with Crippen molar-refractivity contribution in [1.82, 2.24) is 0 Å². The summed E-state index contributed by atoms with van der Waals surface area (Å²) in [6.45, 7) is 1.65. The van der Waals surface area contributed by atoms with Crippen LogP contribution in [-0.2, 0) is 0 Å². The van der Waals surface area contributed by atoms with Crippen LogP contribution in [0.4, 0.5) is 4.39 Å². The number of nitrogens with zero attached hydrogens (tertiary/aromatic N) is 1. The first-order valence-corrected chi connectivity index (χ1v) is 3.51. The second kappa shape index (κ2) is 5.16. The molecule has 0 radical (unpaired) electrons. The van der Waals surface area contributed by atoms with Crippen LogP contribution in [0.25, 0.3) is 0 Å². The van der Waals surface area contributed by atoms with Gasteiger partial charge in [-0.15, -0.1) is 0 Å². The number of hydrogen-bond donors (Lipinski definition) is 1. The molecule has 0 amide bonds. The predicted molar refractivity (Wildman–Crippen MR) is 46.3 cm³/mol. The van der Waals surface area contributed by atoms with Gasteiger partial charge in [0.25, 0.3) is 0 Å². The summed E-state index contributed by atoms with van der Waals surface area (Å²) >= 11 is 10.4. The van der Waals surface area contributed by atoms with Gasteiger partial charge in [0.1, 0.15) is 0 Å². The molecule has 0 aliphatic heterocycles. The lowest BCUT2D eigenvalue weighted by molar-refractivity contribution is 0.660. The third-order valence-electron chi connectivity index (χ3n) is 0.715. The van der Waals surface area contributed by atoms with E-state index < -0.39 is 5.83 Å². The lowest BCUT2D eigenvalue weighted by Gasteiger charge is -1.89. The first-order chi connectivity index (χ1) is 5.07. The van der Waals surface area contributed by atoms with Crippen molar-refractivity contribution in [2.45, 2.75) is 6.92 Å². The molecule has 0 rings (SSSR count). The summed E-state index contributed by atoms with van der Waals surface area (Å²) in [5.41, 5.74) is 4.93. The third kappa shape index (κ3) is 4.81. The van der Waals surface area contributed by atoms with Gasteiger partial charge in [-0.1, -0.05) is 17.7 Å². The Morgan fingerprint density at radius 2 is 2.09 bits per heavy atom. The van der Waals surface area contributed by atoms with Crippen molar-refractivity contribution >= 4 is 28.5 Å². The molecule has 0 unspecified atom stereocenters. The molecule has 0 fully saturated rings. The smallest absolute Gasteiger partial charge is 0.194 e. The van der Waals surface area contributed by atoms with Crippen molar-refractivity contribution in [3.8, 4) is 0 Å². The van der Waals surface area contributed by atoms with Gasteiger partial charge < -0.3 is 5.73 Å². The number of amidine groups is 1. The fourth-order valence-corrected chi connectivity index (χ4v) is 0.644. The maximum atomic E-state index is 12.6. The molecule has 0 saturated heterocycles. The van der Waals surface area contributed by atoms with E-state index in [1.165, 1.54) is 6.08 Å². The number of allylic oxidation sites excluding steroid dienone is 3. The standard InChI is InChI=1S/C6H7Cl2FN2/c1-2-3-4(9)5(7)11-6(8)10/h2-3H,1H3,(H2,10,11)/b3-2-,5-4+. The zero-order valence-electron chi connectivity index (χ0n) is 5.81. The number of rotatable bonds is 2. The van der Waals surface area contributed by atoms with Gasteiger partial charge in [0.15, 0.2) is 16.3 Å². The van der Waals surface area contributed by atoms with E-state index in [2.05, 4.69) is 4.99 Å². The summed E-state index contributed by atoms with van der Waals surface area (Å²) in [5, 5.41) is -0.648. The van der Waals surface area contributed by atoms with E-state index in [9.17, 15) is 4.39 Å². The molecule has 2 N–H and O–H groups in total. The Labute approximate surface area is 74.2 Å². The lowest BCUT2D eigenvalue weighted by Crippen LogP contribution is -2.00. The average Bonchev–Trinajstić information content (AvgIpc) is 1.86. The first kappa shape index (κ1) is 10.5. The van der Waals surface area contributed by atoms with Crippen LogP contribution < -0.4 is 5.73 Å². The van der Waals surface area contributed by atoms with Crippen molar-refractivity contribution < 1.29 is 4.39 Å². The van der Waals surface area contributed by atoms with Crippen molar-refractivity contribution in [1.29, 1.82) is 0 Å². The van der Waals surface area contributed by atoms with Gasteiger partial charge in [0.2, 0.25) is 0 Å². The maximum Gasteiger partial charge on any atom is 0.194 e. The number of hydrogen-bond acceptors (Lipinski definition) is 1. The van der Waals surface area contributed by atoms with E-state index in [4.69, 9.17) is 28.9 Å². The van der Waals surface area contributed by atoms with Crippen LogP contribution in [0, 0.1) is 0 Å². The van der Waals surface area contributed by atoms with Crippen LogP contribution >= 0.6 is 23.2 Å². The SMILES string of the molecule is C\C=C/C(F)=C(Cl)\N=C(/N)Cl. The lowest BCUT2D eigenvalue weighted by atomic mass is 10.5. The van der Waals surface area contributed by atoms with Crippen LogP contribution in [0.2, 0.25) is 0 Å². The molecule has 5 heteroatoms. The van der Waals surface area contributed by atoms with Gasteiger partial charge in [0, 0.05) is 0 Å². The van der Waals surface area contributed by atoms with Crippen molar-refractivity contribution in [2.75, 3.05) is 0 Å². The molecule has 0 atom stereocenters. The predicted octanol–water partition coefficient (Wildman–Crippen LogP) is 2.49. The first-order valence-electron chi connectivity index (χ1n) is 2.75. The highest BCUT2D eigenvalue weighted by molar-refractivity contribution is 6.64. The van der Waals surface area contributed by atoms with Crippen LogP contribution in [0.5, 0.6) is 0 Å². The molecule has 0 aromatic carbocycles. The Morgan fingerprint density at radius 1 is 1.55 bits per heavy atom. The molecule has 62 valence electrons. The van der Waals surface area contributed by atoms with E-state index in [1.807, 2.05) is 0 Å². The second-order valence-corrected chi connectivity index (χ2v) is 2.32. The molecule has 11 heavy (non-hydrogen) atoms. The molecule has 2 nitrogen and oxygen atoms in total. The van der Waals surface area contributed by atoms with E-state index in [0.717, 1.165) is 6.08 Å². The van der Waals surface area contributed by atoms with Crippen molar-refractivity contribution in [3.05, 3.63) is 23.1 Å². The highest BCUT2D eigenvalue weighted by Gasteiger charge is 1.97. The Bertz CT molecular complexity index is 217. The topological polar surface area (TPSA) is 38.4 Å². The van der Waals surface area contributed by atoms with Gasteiger partial charge in [-0.05, 0) is 24.6 Å². The highest BCUT2D eigenvalue weighted by Crippen LogP contribution is 2.13. The van der Waals surface area contributed by atoms with Crippen molar-refractivity contribution in [2.24, 2.45) is 10.7 Å². The molecular formula is C6H7Cl2FN2. The maximum absolute atomic E-state index is 12.6. The Morgan fingerprint density at radius 3 is 2.45 bits per heavy atom. The van der Waals surface area contributed by atoms with Crippen LogP contribution in [0.15, 0.2) is 28.1 Å². The largest absolute Gasteiger partial charge is 0.374 e. The number of aliphatic imine (C=N–C) groups is 1. The summed E-state index contributed by atoms with van der Waals surface area (Å²) in [6, 6.07) is 0. The molecule has 0 aliphatic carbocycles. The quantitative estimate of drug-likeness (QED) is 0.314. The average molecular weight is 197 g/mol. The summed E-state index contributed by atoms with van der Waals surface area (Å²) in [7, 11) is 0. The van der Waals surface area contributed by atoms with Gasteiger partial charge in [-0.2, -0.15) is 0 Å². The zero-order chi connectivity index (χ0) is 8.85. The molecule has 0 aromatic rings. The molecule has 0 saturated carbocycles. The highest BCUT2D eigenvalue weighted by atomic mass is 35.5. The molecular weight excluding hydrogens is 190 g/mol. The number of halogens is 3. The van der Waals surface area contributed by atoms with E-state index in [-0.39, 0.29) is 10.5 Å². The summed E-state index contributed by atoms with van der Waals surface area (Å²) < 4.78 is 12.6. The fraction of sp³-hybridized carbons (Fsp3) is 0.167. The van der Waals surface area contributed by atoms with Gasteiger partial charge in [0.05, 0.1) is 0 Å². The van der Waals surface area contributed by atoms with Crippen molar-refractivity contribution in [3.63, 3.8) is 0 Å². The normalized spacial score (nSPS) is 15.5. The molecule has 0 spiro atoms. The minimum absolute atomic E-state index is 0.297. The van der Waals surface area contributed by atoms with Gasteiger partial charge in [-0.3, -0.25) is 0 Å². The Balaban J connectivity index is 4.53. The van der Waals surface area contributed by atoms with Crippen LogP contribution in [0.3, 0.4) is 0 Å². The molecule has 0 aromatic heterocycles. The van der Waals surface area contributed by atoms with E-state index in [0.29, 0.717) is 0 Å². The number of nitrogens with two attached hydrogens (primary N) is 1. The van der Waals surface area contributed by atoms with E-state index >= 15 is 0 Å². The third-order valence-corrected chi connectivity index (χ3v) is 1.06. The Hall–Kier alpha value is -0.540. The molecule has 0 bridgehead atoms. The van der Waals surface area contributed by atoms with Gasteiger partial charge in [-0.25, -0.2) is 9.38 Å². The Kier molecular flexibility index (Phi) is 4.90. The van der Waals surface area contributed by atoms with Crippen LogP contribution in [-0.4, -0.2) is 5.29 Å². The van der Waals surface area contributed by atoms with E-state index in [1.54, 1.807) is 6.92 Å². The fourth-order valence-electron chi connectivity index (χ4n) is 0.362. The zero-order valence-corrected chi connectivity index (χ0v) is 7.33. The molecule has 0 aliphatic rings. The molecule has 0 heterocycles. The van der Waals surface area contributed by atoms with Crippen LogP contribution in [0.1, 0.15) is 6.92 Å². The summed E-state index contributed by atoms with van der Waals surface area (Å²) in [4.78, 5) is 3.27. The second-order valence-electron chi connectivity index (χ2n) is 1.57. The van der Waals surface area contributed by atoms with Gasteiger partial charge >= 0.3 is 0 Å². The minimum Gasteiger partial charge on any atom is -0.374 e. The summed E-state index contributed by atoms with van der Waals surface area (Å²) in [5.74, 6) is -0.669.